The molecule has 1 aliphatic carbocycles. The zero-order chi connectivity index (χ0) is 14.4. The van der Waals surface area contributed by atoms with Crippen molar-refractivity contribution >= 4 is 17.4 Å². The first-order valence-electron chi connectivity index (χ1n) is 7.41. The van der Waals surface area contributed by atoms with Crippen molar-refractivity contribution in [1.82, 2.24) is 0 Å². The van der Waals surface area contributed by atoms with Crippen LogP contribution < -0.4 is 0 Å². The van der Waals surface area contributed by atoms with E-state index in [-0.39, 0.29) is 11.7 Å². The first-order chi connectivity index (χ1) is 9.72. The number of hydrogen-bond donors (Lipinski definition) is 0. The van der Waals surface area contributed by atoms with Crippen LogP contribution in [0.15, 0.2) is 24.3 Å². The van der Waals surface area contributed by atoms with E-state index in [1.807, 2.05) is 0 Å². The molecule has 2 nitrogen and oxygen atoms in total. The highest BCUT2D eigenvalue weighted by atomic mass is 35.5. The van der Waals surface area contributed by atoms with Crippen molar-refractivity contribution in [2.45, 2.75) is 50.9 Å². The molecule has 1 aromatic rings. The summed E-state index contributed by atoms with van der Waals surface area (Å²) in [4.78, 5) is 12.6. The Kier molecular flexibility index (Phi) is 5.61. The Morgan fingerprint density at radius 1 is 1.10 bits per heavy atom. The number of halogens is 1. The summed E-state index contributed by atoms with van der Waals surface area (Å²) in [7, 11) is 0. The van der Waals surface area contributed by atoms with Crippen molar-refractivity contribution in [3.05, 3.63) is 34.9 Å². The highest BCUT2D eigenvalue weighted by Crippen LogP contribution is 2.29. The fourth-order valence-electron chi connectivity index (χ4n) is 2.93. The van der Waals surface area contributed by atoms with Gasteiger partial charge in [0.15, 0.2) is 5.78 Å². The molecule has 0 N–H and O–H groups in total. The molecule has 0 radical (unpaired) electrons. The van der Waals surface area contributed by atoms with Gasteiger partial charge < -0.3 is 0 Å². The predicted molar refractivity (Wildman–Crippen MR) is 80.6 cm³/mol. The zero-order valence-electron chi connectivity index (χ0n) is 11.6. The molecule has 20 heavy (non-hydrogen) atoms. The molecule has 0 amide bonds. The maximum absolute atomic E-state index is 12.6. The fourth-order valence-corrected chi connectivity index (χ4v) is 3.06. The molecule has 1 unspecified atom stereocenters. The van der Waals surface area contributed by atoms with Crippen molar-refractivity contribution in [2.24, 2.45) is 5.92 Å². The van der Waals surface area contributed by atoms with Crippen LogP contribution in [0.5, 0.6) is 0 Å². The van der Waals surface area contributed by atoms with Crippen LogP contribution in [0.2, 0.25) is 5.02 Å². The number of hydrogen-bond acceptors (Lipinski definition) is 2. The van der Waals surface area contributed by atoms with E-state index in [1.54, 1.807) is 24.3 Å². The van der Waals surface area contributed by atoms with Crippen molar-refractivity contribution in [3.8, 4) is 6.07 Å². The molecular weight excluding hydrogens is 270 g/mol. The van der Waals surface area contributed by atoms with E-state index in [0.29, 0.717) is 5.02 Å². The Morgan fingerprint density at radius 2 is 1.65 bits per heavy atom. The Hall–Kier alpha value is -1.33. The Labute approximate surface area is 125 Å². The summed E-state index contributed by atoms with van der Waals surface area (Å²) in [5.74, 6) is -0.496. The lowest BCUT2D eigenvalue weighted by Gasteiger charge is -2.21. The Morgan fingerprint density at radius 3 is 2.20 bits per heavy atom. The van der Waals surface area contributed by atoms with Crippen LogP contribution in [0, 0.1) is 17.2 Å². The van der Waals surface area contributed by atoms with Crippen LogP contribution in [0.3, 0.4) is 0 Å². The Balaban J connectivity index is 2.11. The van der Waals surface area contributed by atoms with E-state index in [1.165, 1.54) is 19.3 Å². The number of Topliss-reactive ketones (excluding diaryl/α,β-unsaturated/α-hetero) is 1. The second kappa shape index (κ2) is 7.45. The summed E-state index contributed by atoms with van der Waals surface area (Å²) in [5, 5.41) is 10.0. The number of rotatable bonds is 3. The molecule has 0 saturated heterocycles. The van der Waals surface area contributed by atoms with Crippen LogP contribution in [0.25, 0.3) is 0 Å². The highest BCUT2D eigenvalue weighted by molar-refractivity contribution is 6.30. The summed E-state index contributed by atoms with van der Waals surface area (Å²) in [6, 6.07) is 9.24. The number of carbonyl (C=O) groups excluding carboxylic acids is 1. The van der Waals surface area contributed by atoms with Gasteiger partial charge in [0.2, 0.25) is 0 Å². The maximum atomic E-state index is 12.6. The maximum Gasteiger partial charge on any atom is 0.157 e. The van der Waals surface area contributed by atoms with Gasteiger partial charge in [-0.05, 0) is 30.5 Å². The molecule has 106 valence electrons. The summed E-state index contributed by atoms with van der Waals surface area (Å²) < 4.78 is 0. The number of nitriles is 1. The van der Waals surface area contributed by atoms with Gasteiger partial charge in [0.05, 0.1) is 6.07 Å². The smallest absolute Gasteiger partial charge is 0.157 e. The molecule has 0 aliphatic heterocycles. The quantitative estimate of drug-likeness (QED) is 0.796. The van der Waals surface area contributed by atoms with E-state index in [4.69, 9.17) is 11.6 Å². The van der Waals surface area contributed by atoms with Crippen LogP contribution in [0.4, 0.5) is 0 Å². The SMILES string of the molecule is N#CC(C(=O)C1CCCCCCC1)c1ccc(Cl)cc1. The topological polar surface area (TPSA) is 40.9 Å². The van der Waals surface area contributed by atoms with Crippen LogP contribution in [0.1, 0.15) is 56.4 Å². The third-order valence-corrected chi connectivity index (χ3v) is 4.38. The van der Waals surface area contributed by atoms with Crippen LogP contribution in [-0.2, 0) is 4.79 Å². The second-order valence-corrected chi connectivity index (χ2v) is 5.99. The average Bonchev–Trinajstić information content (AvgIpc) is 2.41. The number of ketones is 1. The van der Waals surface area contributed by atoms with E-state index in [2.05, 4.69) is 6.07 Å². The van der Waals surface area contributed by atoms with Gasteiger partial charge in [-0.3, -0.25) is 4.79 Å². The van der Waals surface area contributed by atoms with Gasteiger partial charge >= 0.3 is 0 Å². The van der Waals surface area contributed by atoms with Crippen molar-refractivity contribution in [1.29, 1.82) is 5.26 Å². The summed E-state index contributed by atoms with van der Waals surface area (Å²) in [6.45, 7) is 0. The van der Waals surface area contributed by atoms with Gasteiger partial charge in [-0.15, -0.1) is 0 Å². The molecule has 1 fully saturated rings. The number of nitrogens with zero attached hydrogens (tertiary/aromatic N) is 1. The lowest BCUT2D eigenvalue weighted by molar-refractivity contribution is -0.123. The fraction of sp³-hybridized carbons (Fsp3) is 0.529. The molecule has 0 spiro atoms. The largest absolute Gasteiger partial charge is 0.298 e. The van der Waals surface area contributed by atoms with E-state index >= 15 is 0 Å². The molecule has 1 saturated carbocycles. The lowest BCUT2D eigenvalue weighted by Crippen LogP contribution is -2.22. The van der Waals surface area contributed by atoms with Gasteiger partial charge in [-0.1, -0.05) is 55.8 Å². The third kappa shape index (κ3) is 3.84. The van der Waals surface area contributed by atoms with E-state index < -0.39 is 5.92 Å². The first kappa shape index (κ1) is 15.1. The third-order valence-electron chi connectivity index (χ3n) is 4.12. The van der Waals surface area contributed by atoms with Crippen LogP contribution in [-0.4, -0.2) is 5.78 Å². The normalized spacial score (nSPS) is 18.6. The second-order valence-electron chi connectivity index (χ2n) is 5.56. The van der Waals surface area contributed by atoms with Gasteiger partial charge in [-0.2, -0.15) is 5.26 Å². The molecule has 1 aliphatic rings. The van der Waals surface area contributed by atoms with Gasteiger partial charge in [0, 0.05) is 10.9 Å². The first-order valence-corrected chi connectivity index (χ1v) is 7.79. The summed E-state index contributed by atoms with van der Waals surface area (Å²) in [5.41, 5.74) is 0.768. The lowest BCUT2D eigenvalue weighted by atomic mass is 9.81. The molecule has 0 heterocycles. The van der Waals surface area contributed by atoms with Crippen LogP contribution >= 0.6 is 11.6 Å². The van der Waals surface area contributed by atoms with E-state index in [9.17, 15) is 10.1 Å². The molecular formula is C17H20ClNO. The summed E-state index contributed by atoms with van der Waals surface area (Å²) >= 11 is 5.86. The molecule has 0 bridgehead atoms. The molecule has 0 aromatic heterocycles. The standard InChI is InChI=1S/C17H20ClNO/c18-15-10-8-13(9-11-15)16(12-19)17(20)14-6-4-2-1-3-5-7-14/h8-11,14,16H,1-7H2. The zero-order valence-corrected chi connectivity index (χ0v) is 12.4. The number of benzene rings is 1. The van der Waals surface area contributed by atoms with E-state index in [0.717, 1.165) is 31.2 Å². The minimum absolute atomic E-state index is 0.0515. The van der Waals surface area contributed by atoms with Crippen molar-refractivity contribution in [3.63, 3.8) is 0 Å². The molecule has 3 heteroatoms. The minimum Gasteiger partial charge on any atom is -0.298 e. The van der Waals surface area contributed by atoms with Gasteiger partial charge in [-0.25, -0.2) is 0 Å². The Bertz CT molecular complexity index is 481. The molecule has 1 aromatic carbocycles. The van der Waals surface area contributed by atoms with Crippen molar-refractivity contribution < 1.29 is 4.79 Å². The average molecular weight is 290 g/mol. The minimum atomic E-state index is -0.642. The monoisotopic (exact) mass is 289 g/mol. The molecule has 2 rings (SSSR count). The van der Waals surface area contributed by atoms with Crippen molar-refractivity contribution in [2.75, 3.05) is 0 Å². The summed E-state index contributed by atoms with van der Waals surface area (Å²) in [6.07, 6.45) is 7.78. The molecule has 1 atom stereocenters. The van der Waals surface area contributed by atoms with Gasteiger partial charge in [0.1, 0.15) is 5.92 Å². The highest BCUT2D eigenvalue weighted by Gasteiger charge is 2.28. The number of carbonyl (C=O) groups is 1. The van der Waals surface area contributed by atoms with Gasteiger partial charge in [0.25, 0.3) is 0 Å². The predicted octanol–water partition coefficient (Wildman–Crippen LogP) is 4.88.